The smallest absolute Gasteiger partial charge is 0.322 e. The van der Waals surface area contributed by atoms with Crippen LogP contribution < -0.4 is 5.32 Å². The van der Waals surface area contributed by atoms with Crippen LogP contribution >= 0.6 is 39.0 Å². The number of carbonyl (C=O) groups is 1. The summed E-state index contributed by atoms with van der Waals surface area (Å²) in [5.74, 6) is 0.108. The van der Waals surface area contributed by atoms with Gasteiger partial charge >= 0.3 is 6.01 Å². The van der Waals surface area contributed by atoms with E-state index in [1.807, 2.05) is 36.6 Å². The predicted octanol–water partition coefficient (Wildman–Crippen LogP) is 4.53. The zero-order chi connectivity index (χ0) is 15.5. The Kier molecular flexibility index (Phi) is 4.60. The maximum atomic E-state index is 12.3. The third-order valence-electron chi connectivity index (χ3n) is 2.78. The van der Waals surface area contributed by atoms with E-state index in [1.165, 1.54) is 23.1 Å². The molecule has 2 aromatic heterocycles. The SMILES string of the molecule is CSc1ccccc1C(=O)Nc1nnc(-c2ccc(Br)s2)o1. The summed E-state index contributed by atoms with van der Waals surface area (Å²) in [6, 6.07) is 11.2. The fourth-order valence-electron chi connectivity index (χ4n) is 1.80. The van der Waals surface area contributed by atoms with Crippen molar-refractivity contribution in [2.75, 3.05) is 11.6 Å². The van der Waals surface area contributed by atoms with Crippen molar-refractivity contribution in [3.8, 4) is 10.8 Å². The van der Waals surface area contributed by atoms with Crippen molar-refractivity contribution in [3.63, 3.8) is 0 Å². The number of thioether (sulfide) groups is 1. The maximum Gasteiger partial charge on any atom is 0.322 e. The number of nitrogens with zero attached hydrogens (tertiary/aromatic N) is 2. The molecule has 0 aliphatic carbocycles. The second kappa shape index (κ2) is 6.64. The second-order valence-corrected chi connectivity index (χ2v) is 7.48. The molecular formula is C14H10BrN3O2S2. The lowest BCUT2D eigenvalue weighted by atomic mass is 10.2. The molecule has 0 fully saturated rings. The number of anilines is 1. The normalized spacial score (nSPS) is 10.6. The minimum absolute atomic E-state index is 0.0837. The Labute approximate surface area is 143 Å². The third kappa shape index (κ3) is 3.23. The van der Waals surface area contributed by atoms with Crippen molar-refractivity contribution in [3.05, 3.63) is 45.7 Å². The van der Waals surface area contributed by atoms with Gasteiger partial charge in [-0.05, 0) is 46.5 Å². The van der Waals surface area contributed by atoms with Gasteiger partial charge in [0, 0.05) is 4.90 Å². The molecule has 22 heavy (non-hydrogen) atoms. The summed E-state index contributed by atoms with van der Waals surface area (Å²) in [5, 5.41) is 10.4. The second-order valence-electron chi connectivity index (χ2n) is 4.17. The molecule has 0 aliphatic heterocycles. The van der Waals surface area contributed by atoms with Crippen molar-refractivity contribution >= 4 is 51.0 Å². The Hall–Kier alpha value is -1.64. The molecule has 112 valence electrons. The Morgan fingerprint density at radius 1 is 1.27 bits per heavy atom. The Morgan fingerprint density at radius 3 is 2.82 bits per heavy atom. The highest BCUT2D eigenvalue weighted by atomic mass is 79.9. The van der Waals surface area contributed by atoms with Crippen LogP contribution in [0.15, 0.2) is 49.5 Å². The molecule has 0 radical (unpaired) electrons. The van der Waals surface area contributed by atoms with Gasteiger partial charge in [0.05, 0.1) is 14.2 Å². The van der Waals surface area contributed by atoms with Crippen LogP contribution in [0.1, 0.15) is 10.4 Å². The van der Waals surface area contributed by atoms with Gasteiger partial charge in [-0.15, -0.1) is 28.2 Å². The minimum Gasteiger partial charge on any atom is -0.402 e. The molecule has 1 amide bonds. The number of thiophene rings is 1. The lowest BCUT2D eigenvalue weighted by Crippen LogP contribution is -2.13. The average Bonchev–Trinajstić information content (AvgIpc) is 3.16. The first-order valence-electron chi connectivity index (χ1n) is 6.21. The van der Waals surface area contributed by atoms with Crippen LogP contribution in [0.3, 0.4) is 0 Å². The van der Waals surface area contributed by atoms with Crippen LogP contribution in [-0.2, 0) is 0 Å². The number of hydrogen-bond donors (Lipinski definition) is 1. The number of hydrogen-bond acceptors (Lipinski definition) is 6. The van der Waals surface area contributed by atoms with Crippen LogP contribution in [-0.4, -0.2) is 22.4 Å². The maximum absolute atomic E-state index is 12.3. The van der Waals surface area contributed by atoms with Gasteiger partial charge < -0.3 is 4.42 Å². The summed E-state index contributed by atoms with van der Waals surface area (Å²) in [6.45, 7) is 0. The number of carbonyl (C=O) groups excluding carboxylic acids is 1. The highest BCUT2D eigenvalue weighted by Gasteiger charge is 2.15. The van der Waals surface area contributed by atoms with E-state index in [9.17, 15) is 4.79 Å². The summed E-state index contributed by atoms with van der Waals surface area (Å²) in [6.07, 6.45) is 1.92. The number of amides is 1. The van der Waals surface area contributed by atoms with Crippen LogP contribution in [0.2, 0.25) is 0 Å². The summed E-state index contributed by atoms with van der Waals surface area (Å²) in [5.41, 5.74) is 0.577. The fourth-order valence-corrected chi connectivity index (χ4v) is 3.70. The number of halogens is 1. The molecule has 0 saturated carbocycles. The van der Waals surface area contributed by atoms with E-state index in [2.05, 4.69) is 31.4 Å². The number of nitrogens with one attached hydrogen (secondary N) is 1. The average molecular weight is 396 g/mol. The molecular weight excluding hydrogens is 386 g/mol. The first-order chi connectivity index (χ1) is 10.7. The summed E-state index contributed by atoms with van der Waals surface area (Å²) < 4.78 is 6.45. The number of rotatable bonds is 4. The van der Waals surface area contributed by atoms with E-state index in [4.69, 9.17) is 4.42 Å². The molecule has 3 aromatic rings. The van der Waals surface area contributed by atoms with Crippen molar-refractivity contribution in [2.24, 2.45) is 0 Å². The molecule has 0 bridgehead atoms. The molecule has 2 heterocycles. The predicted molar refractivity (Wildman–Crippen MR) is 91.5 cm³/mol. The zero-order valence-corrected chi connectivity index (χ0v) is 14.6. The fraction of sp³-hybridized carbons (Fsp3) is 0.0714. The first kappa shape index (κ1) is 15.3. The third-order valence-corrected chi connectivity index (χ3v) is 5.19. The lowest BCUT2D eigenvalue weighted by molar-refractivity contribution is 0.102. The molecule has 1 N–H and O–H groups in total. The van der Waals surface area contributed by atoms with Crippen molar-refractivity contribution < 1.29 is 9.21 Å². The van der Waals surface area contributed by atoms with Crippen LogP contribution in [0.25, 0.3) is 10.8 Å². The van der Waals surface area contributed by atoms with Gasteiger partial charge in [-0.2, -0.15) is 0 Å². The van der Waals surface area contributed by atoms with Crippen LogP contribution in [0.5, 0.6) is 0 Å². The monoisotopic (exact) mass is 395 g/mol. The highest BCUT2D eigenvalue weighted by molar-refractivity contribution is 9.11. The van der Waals surface area contributed by atoms with Gasteiger partial charge in [-0.3, -0.25) is 10.1 Å². The lowest BCUT2D eigenvalue weighted by Gasteiger charge is -2.05. The molecule has 5 nitrogen and oxygen atoms in total. The van der Waals surface area contributed by atoms with Gasteiger partial charge in [0.25, 0.3) is 11.8 Å². The first-order valence-corrected chi connectivity index (χ1v) is 9.04. The summed E-state index contributed by atoms with van der Waals surface area (Å²) in [4.78, 5) is 14.0. The van der Waals surface area contributed by atoms with Crippen LogP contribution in [0, 0.1) is 0 Å². The topological polar surface area (TPSA) is 68.0 Å². The summed E-state index contributed by atoms with van der Waals surface area (Å²) >= 11 is 6.37. The molecule has 0 atom stereocenters. The quantitative estimate of drug-likeness (QED) is 0.656. The van der Waals surface area contributed by atoms with Crippen LogP contribution in [0.4, 0.5) is 6.01 Å². The Bertz CT molecular complexity index is 816. The van der Waals surface area contributed by atoms with E-state index in [1.54, 1.807) is 6.07 Å². The van der Waals surface area contributed by atoms with Crippen molar-refractivity contribution in [1.82, 2.24) is 10.2 Å². The van der Waals surface area contributed by atoms with Crippen molar-refractivity contribution in [1.29, 1.82) is 0 Å². The minimum atomic E-state index is -0.271. The van der Waals surface area contributed by atoms with Gasteiger partial charge in [0.15, 0.2) is 0 Å². The molecule has 0 spiro atoms. The molecule has 0 saturated heterocycles. The summed E-state index contributed by atoms with van der Waals surface area (Å²) in [7, 11) is 0. The largest absolute Gasteiger partial charge is 0.402 e. The van der Waals surface area contributed by atoms with Gasteiger partial charge in [0.2, 0.25) is 0 Å². The Morgan fingerprint density at radius 2 is 2.09 bits per heavy atom. The van der Waals surface area contributed by atoms with E-state index >= 15 is 0 Å². The molecule has 3 rings (SSSR count). The number of aromatic nitrogens is 2. The number of benzene rings is 1. The molecule has 0 unspecified atom stereocenters. The standard InChI is InChI=1S/C14H10BrN3O2S2/c1-21-9-5-3-2-4-8(9)12(19)16-14-18-17-13(20-14)10-6-7-11(15)22-10/h2-7H,1H3,(H,16,18,19). The molecule has 0 aliphatic rings. The van der Waals surface area contributed by atoms with E-state index < -0.39 is 0 Å². The van der Waals surface area contributed by atoms with E-state index in [0.29, 0.717) is 11.5 Å². The highest BCUT2D eigenvalue weighted by Crippen LogP contribution is 2.31. The van der Waals surface area contributed by atoms with Gasteiger partial charge in [-0.1, -0.05) is 17.2 Å². The van der Waals surface area contributed by atoms with Gasteiger partial charge in [0.1, 0.15) is 0 Å². The van der Waals surface area contributed by atoms with Crippen molar-refractivity contribution in [2.45, 2.75) is 4.90 Å². The zero-order valence-electron chi connectivity index (χ0n) is 11.4. The van der Waals surface area contributed by atoms with E-state index in [-0.39, 0.29) is 11.9 Å². The van der Waals surface area contributed by atoms with Gasteiger partial charge in [-0.25, -0.2) is 0 Å². The molecule has 8 heteroatoms. The van der Waals surface area contributed by atoms with E-state index in [0.717, 1.165) is 13.6 Å². The Balaban J connectivity index is 1.79. The molecule has 1 aromatic carbocycles.